The summed E-state index contributed by atoms with van der Waals surface area (Å²) in [4.78, 5) is 29.2. The number of aryl methyl sites for hydroxylation is 1. The van der Waals surface area contributed by atoms with E-state index in [0.29, 0.717) is 10.7 Å². The van der Waals surface area contributed by atoms with Crippen LogP contribution in [0.3, 0.4) is 0 Å². The molecule has 0 fully saturated rings. The molecule has 7 nitrogen and oxygen atoms in total. The Morgan fingerprint density at radius 2 is 1.68 bits per heavy atom. The van der Waals surface area contributed by atoms with Crippen molar-refractivity contribution >= 4 is 55.1 Å². The molecule has 2 amide bonds. The van der Waals surface area contributed by atoms with Gasteiger partial charge in [0.2, 0.25) is 21.8 Å². The van der Waals surface area contributed by atoms with E-state index in [1.807, 2.05) is 57.2 Å². The molecule has 1 N–H and O–H groups in total. The Hall–Kier alpha value is -2.88. The van der Waals surface area contributed by atoms with Crippen LogP contribution in [-0.2, 0) is 32.6 Å². The standard InChI is InChI=1S/C30H35BrClN3O4S/c1-5-22(3)33-30(37)28(18-23-10-7-6-8-11-23)34(19-24-12-9-13-25(32)17-24)29(36)20-35(40(4,38)39)26-14-15-27(31)21(2)16-26/h6-17,22,28H,5,18-20H2,1-4H3,(H,33,37)/t22-,28+/m0/s1. The third kappa shape index (κ3) is 8.81. The zero-order valence-corrected chi connectivity index (χ0v) is 26.3. The second-order valence-electron chi connectivity index (χ2n) is 9.88. The molecule has 0 aliphatic heterocycles. The van der Waals surface area contributed by atoms with Gasteiger partial charge in [0.1, 0.15) is 12.6 Å². The minimum absolute atomic E-state index is 0.0712. The topological polar surface area (TPSA) is 86.8 Å². The van der Waals surface area contributed by atoms with Crippen molar-refractivity contribution in [3.05, 3.63) is 99.0 Å². The van der Waals surface area contributed by atoms with Crippen LogP contribution in [0.15, 0.2) is 77.3 Å². The van der Waals surface area contributed by atoms with Gasteiger partial charge in [-0.05, 0) is 67.3 Å². The van der Waals surface area contributed by atoms with Crippen LogP contribution in [-0.4, -0.2) is 50.0 Å². The van der Waals surface area contributed by atoms with Gasteiger partial charge in [0, 0.05) is 28.5 Å². The lowest BCUT2D eigenvalue weighted by Gasteiger charge is -2.34. The summed E-state index contributed by atoms with van der Waals surface area (Å²) in [5, 5.41) is 3.51. The van der Waals surface area contributed by atoms with Gasteiger partial charge >= 0.3 is 0 Å². The number of carbonyl (C=O) groups is 2. The number of rotatable bonds is 12. The van der Waals surface area contributed by atoms with Crippen LogP contribution in [0.25, 0.3) is 0 Å². The molecule has 0 aromatic heterocycles. The molecular weight excluding hydrogens is 614 g/mol. The number of nitrogens with zero attached hydrogens (tertiary/aromatic N) is 2. The predicted octanol–water partition coefficient (Wildman–Crippen LogP) is 5.73. The van der Waals surface area contributed by atoms with Crippen LogP contribution >= 0.6 is 27.5 Å². The molecule has 2 atom stereocenters. The van der Waals surface area contributed by atoms with E-state index in [2.05, 4.69) is 21.2 Å². The predicted molar refractivity (Wildman–Crippen MR) is 165 cm³/mol. The van der Waals surface area contributed by atoms with Gasteiger partial charge in [-0.3, -0.25) is 13.9 Å². The molecule has 0 radical (unpaired) electrons. The molecule has 0 saturated heterocycles. The third-order valence-corrected chi connectivity index (χ3v) is 8.89. The maximum Gasteiger partial charge on any atom is 0.244 e. The molecule has 0 unspecified atom stereocenters. The van der Waals surface area contributed by atoms with E-state index in [1.165, 1.54) is 4.90 Å². The zero-order valence-electron chi connectivity index (χ0n) is 23.1. The van der Waals surface area contributed by atoms with Gasteiger partial charge in [-0.25, -0.2) is 8.42 Å². The highest BCUT2D eigenvalue weighted by atomic mass is 79.9. The van der Waals surface area contributed by atoms with Gasteiger partial charge in [-0.1, -0.05) is 76.9 Å². The largest absolute Gasteiger partial charge is 0.352 e. The van der Waals surface area contributed by atoms with Gasteiger partial charge in [0.15, 0.2) is 0 Å². The fourth-order valence-corrected chi connectivity index (χ4v) is 5.53. The number of hydrogen-bond donors (Lipinski definition) is 1. The first-order valence-electron chi connectivity index (χ1n) is 13.0. The lowest BCUT2D eigenvalue weighted by atomic mass is 10.0. The van der Waals surface area contributed by atoms with Crippen molar-refractivity contribution < 1.29 is 18.0 Å². The SMILES string of the molecule is CC[C@H](C)NC(=O)[C@@H](Cc1ccccc1)N(Cc1cccc(Cl)c1)C(=O)CN(c1ccc(Br)c(C)c1)S(C)(=O)=O. The molecule has 0 heterocycles. The van der Waals surface area contributed by atoms with E-state index < -0.39 is 28.5 Å². The Kier molecular flexibility index (Phi) is 11.2. The number of nitrogens with one attached hydrogen (secondary N) is 1. The Balaban J connectivity index is 2.07. The first-order valence-corrected chi connectivity index (χ1v) is 16.0. The Morgan fingerprint density at radius 1 is 1.00 bits per heavy atom. The summed E-state index contributed by atoms with van der Waals surface area (Å²) < 4.78 is 27.7. The van der Waals surface area contributed by atoms with Gasteiger partial charge in [0.05, 0.1) is 11.9 Å². The van der Waals surface area contributed by atoms with E-state index in [9.17, 15) is 18.0 Å². The van der Waals surface area contributed by atoms with Crippen LogP contribution < -0.4 is 9.62 Å². The first-order chi connectivity index (χ1) is 18.9. The lowest BCUT2D eigenvalue weighted by Crippen LogP contribution is -2.54. The fourth-order valence-electron chi connectivity index (χ4n) is 4.22. The number of carbonyl (C=O) groups excluding carboxylic acids is 2. The minimum atomic E-state index is -3.83. The molecular formula is C30H35BrClN3O4S. The van der Waals surface area contributed by atoms with Crippen molar-refractivity contribution in [3.8, 4) is 0 Å². The molecule has 0 aliphatic carbocycles. The maximum atomic E-state index is 14.1. The van der Waals surface area contributed by atoms with Gasteiger partial charge < -0.3 is 10.2 Å². The number of amides is 2. The van der Waals surface area contributed by atoms with E-state index in [0.717, 1.165) is 38.1 Å². The van der Waals surface area contributed by atoms with Gasteiger partial charge in [-0.2, -0.15) is 0 Å². The van der Waals surface area contributed by atoms with Crippen LogP contribution in [0.5, 0.6) is 0 Å². The highest BCUT2D eigenvalue weighted by Crippen LogP contribution is 2.26. The van der Waals surface area contributed by atoms with E-state index in [-0.39, 0.29) is 24.9 Å². The summed E-state index contributed by atoms with van der Waals surface area (Å²) in [6.45, 7) is 5.32. The van der Waals surface area contributed by atoms with E-state index >= 15 is 0 Å². The normalized spacial score (nSPS) is 12.8. The summed E-state index contributed by atoms with van der Waals surface area (Å²) in [7, 11) is -3.83. The molecule has 3 aromatic rings. The smallest absolute Gasteiger partial charge is 0.244 e. The summed E-state index contributed by atoms with van der Waals surface area (Å²) >= 11 is 9.68. The molecule has 40 heavy (non-hydrogen) atoms. The summed E-state index contributed by atoms with van der Waals surface area (Å²) in [6.07, 6.45) is 2.04. The number of hydrogen-bond acceptors (Lipinski definition) is 4. The highest BCUT2D eigenvalue weighted by Gasteiger charge is 2.33. The van der Waals surface area contributed by atoms with Crippen molar-refractivity contribution in [1.82, 2.24) is 10.2 Å². The third-order valence-electron chi connectivity index (χ3n) is 6.62. The molecule has 214 valence electrons. The molecule has 3 rings (SSSR count). The van der Waals surface area contributed by atoms with Crippen LogP contribution in [0, 0.1) is 6.92 Å². The van der Waals surface area contributed by atoms with Crippen molar-refractivity contribution in [2.45, 2.75) is 52.2 Å². The molecule has 0 aliphatic rings. The molecule has 10 heteroatoms. The summed E-state index contributed by atoms with van der Waals surface area (Å²) in [5.74, 6) is -0.815. The van der Waals surface area contributed by atoms with E-state index in [4.69, 9.17) is 11.6 Å². The number of benzene rings is 3. The van der Waals surface area contributed by atoms with Gasteiger partial charge in [0.25, 0.3) is 0 Å². The number of anilines is 1. The van der Waals surface area contributed by atoms with Crippen LogP contribution in [0.2, 0.25) is 5.02 Å². The molecule has 0 spiro atoms. The summed E-state index contributed by atoms with van der Waals surface area (Å²) in [5.41, 5.74) is 2.78. The average Bonchev–Trinajstić information content (AvgIpc) is 2.90. The lowest BCUT2D eigenvalue weighted by molar-refractivity contribution is -0.140. The second-order valence-corrected chi connectivity index (χ2v) is 13.1. The Morgan fingerprint density at radius 3 is 2.27 bits per heavy atom. The summed E-state index contributed by atoms with van der Waals surface area (Å²) in [6, 6.07) is 20.6. The Bertz CT molecular complexity index is 1440. The van der Waals surface area contributed by atoms with Gasteiger partial charge in [-0.15, -0.1) is 0 Å². The second kappa shape index (κ2) is 14.1. The monoisotopic (exact) mass is 647 g/mol. The van der Waals surface area contributed by atoms with Crippen molar-refractivity contribution in [2.24, 2.45) is 0 Å². The highest BCUT2D eigenvalue weighted by molar-refractivity contribution is 9.10. The van der Waals surface area contributed by atoms with Crippen molar-refractivity contribution in [3.63, 3.8) is 0 Å². The maximum absolute atomic E-state index is 14.1. The molecule has 0 saturated carbocycles. The molecule has 3 aromatic carbocycles. The van der Waals surface area contributed by atoms with Crippen molar-refractivity contribution in [2.75, 3.05) is 17.1 Å². The number of sulfonamides is 1. The van der Waals surface area contributed by atoms with Crippen LogP contribution in [0.1, 0.15) is 37.0 Å². The van der Waals surface area contributed by atoms with E-state index in [1.54, 1.807) is 36.4 Å². The van der Waals surface area contributed by atoms with Crippen LogP contribution in [0.4, 0.5) is 5.69 Å². The average molecular weight is 649 g/mol. The Labute approximate surface area is 250 Å². The minimum Gasteiger partial charge on any atom is -0.352 e. The van der Waals surface area contributed by atoms with Crippen molar-refractivity contribution in [1.29, 1.82) is 0 Å². The zero-order chi connectivity index (χ0) is 29.4. The fraction of sp³-hybridized carbons (Fsp3) is 0.333. The number of halogens is 2. The first kappa shape index (κ1) is 31.6. The molecule has 0 bridgehead atoms. The quantitative estimate of drug-likeness (QED) is 0.272.